The number of ether oxygens (including phenoxy) is 3. The van der Waals surface area contributed by atoms with E-state index < -0.39 is 18.3 Å². The van der Waals surface area contributed by atoms with E-state index in [1.807, 2.05) is 33.8 Å². The lowest BCUT2D eigenvalue weighted by atomic mass is 9.75. The third-order valence-corrected chi connectivity index (χ3v) is 5.56. The van der Waals surface area contributed by atoms with Crippen LogP contribution in [0.4, 0.5) is 4.39 Å². The highest BCUT2D eigenvalue weighted by atomic mass is 19.1. The van der Waals surface area contributed by atoms with E-state index in [1.165, 1.54) is 6.07 Å². The number of hydrogen-bond donors (Lipinski definition) is 0. The minimum Gasteiger partial charge on any atom is -0.399 e. The molecule has 2 aliphatic rings. The van der Waals surface area contributed by atoms with E-state index in [4.69, 9.17) is 23.5 Å². The smallest absolute Gasteiger partial charge is 0.399 e. The van der Waals surface area contributed by atoms with Crippen molar-refractivity contribution in [3.05, 3.63) is 29.6 Å². The predicted octanol–water partition coefficient (Wildman–Crippen LogP) is 3.18. The van der Waals surface area contributed by atoms with Crippen molar-refractivity contribution < 1.29 is 27.9 Å². The molecule has 0 spiro atoms. The fraction of sp³-hybridized carbons (Fsp3) is 0.700. The average molecular weight is 380 g/mol. The fourth-order valence-corrected chi connectivity index (χ4v) is 3.20. The van der Waals surface area contributed by atoms with E-state index >= 15 is 0 Å². The summed E-state index contributed by atoms with van der Waals surface area (Å²) in [7, 11) is -0.748. The van der Waals surface area contributed by atoms with Crippen molar-refractivity contribution in [3.63, 3.8) is 0 Å². The number of hydrogen-bond acceptors (Lipinski definition) is 5. The molecule has 0 radical (unpaired) electrons. The van der Waals surface area contributed by atoms with Gasteiger partial charge in [-0.2, -0.15) is 0 Å². The average Bonchev–Trinajstić information content (AvgIpc) is 2.83. The lowest BCUT2D eigenvalue weighted by Gasteiger charge is -2.32. The number of halogens is 1. The molecule has 2 saturated heterocycles. The standard InChI is InChI=1S/C20H30BFO5/c1-19(2)20(3,4)27-21(26-19)18-15(8-7-9-16(18)22)14-23-12-13-25-17-10-5-6-11-24-17/h7-9,17H,5-6,10-14H2,1-4H3. The van der Waals surface area contributed by atoms with Crippen molar-refractivity contribution in [3.8, 4) is 0 Å². The molecule has 0 amide bonds. The van der Waals surface area contributed by atoms with Crippen molar-refractivity contribution in [1.29, 1.82) is 0 Å². The molecule has 2 aliphatic heterocycles. The van der Waals surface area contributed by atoms with Gasteiger partial charge in [-0.25, -0.2) is 4.39 Å². The molecule has 5 nitrogen and oxygen atoms in total. The van der Waals surface area contributed by atoms with Gasteiger partial charge in [0.05, 0.1) is 31.0 Å². The van der Waals surface area contributed by atoms with Crippen molar-refractivity contribution in [2.24, 2.45) is 0 Å². The van der Waals surface area contributed by atoms with Gasteiger partial charge < -0.3 is 23.5 Å². The van der Waals surface area contributed by atoms with Crippen molar-refractivity contribution in [2.45, 2.75) is 71.1 Å². The molecule has 0 aliphatic carbocycles. The first kappa shape index (κ1) is 20.7. The summed E-state index contributed by atoms with van der Waals surface area (Å²) in [5.74, 6) is -0.346. The molecule has 1 atom stereocenters. The van der Waals surface area contributed by atoms with E-state index in [1.54, 1.807) is 6.07 Å². The largest absolute Gasteiger partial charge is 0.498 e. The number of rotatable bonds is 7. The van der Waals surface area contributed by atoms with Crippen LogP contribution in [0.15, 0.2) is 18.2 Å². The summed E-state index contributed by atoms with van der Waals surface area (Å²) < 4.78 is 43.5. The van der Waals surface area contributed by atoms with Crippen LogP contribution >= 0.6 is 0 Å². The van der Waals surface area contributed by atoms with Crippen LogP contribution in [0.1, 0.15) is 52.5 Å². The molecule has 27 heavy (non-hydrogen) atoms. The minimum atomic E-state index is -0.748. The van der Waals surface area contributed by atoms with Gasteiger partial charge in [-0.15, -0.1) is 0 Å². The van der Waals surface area contributed by atoms with Gasteiger partial charge in [0, 0.05) is 12.1 Å². The number of benzene rings is 1. The van der Waals surface area contributed by atoms with Gasteiger partial charge in [0.2, 0.25) is 0 Å². The van der Waals surface area contributed by atoms with Crippen LogP contribution in [0.5, 0.6) is 0 Å². The van der Waals surface area contributed by atoms with E-state index in [9.17, 15) is 4.39 Å². The van der Waals surface area contributed by atoms with Crippen molar-refractivity contribution in [1.82, 2.24) is 0 Å². The molecule has 7 heteroatoms. The van der Waals surface area contributed by atoms with Gasteiger partial charge in [0.15, 0.2) is 6.29 Å². The topological polar surface area (TPSA) is 46.2 Å². The first-order chi connectivity index (χ1) is 12.8. The SMILES string of the molecule is CC1(C)OB(c2c(F)cccc2COCCOC2CCCCO2)OC1(C)C. The highest BCUT2D eigenvalue weighted by Crippen LogP contribution is 2.36. The normalized spacial score (nSPS) is 24.3. The molecular weight excluding hydrogens is 350 g/mol. The lowest BCUT2D eigenvalue weighted by Crippen LogP contribution is -2.41. The van der Waals surface area contributed by atoms with Gasteiger partial charge in [-0.3, -0.25) is 0 Å². The third-order valence-electron chi connectivity index (χ3n) is 5.56. The van der Waals surface area contributed by atoms with Crippen LogP contribution in [0.25, 0.3) is 0 Å². The quantitative estimate of drug-likeness (QED) is 0.537. The van der Waals surface area contributed by atoms with Crippen LogP contribution in [0.3, 0.4) is 0 Å². The van der Waals surface area contributed by atoms with E-state index in [0.29, 0.717) is 18.7 Å². The Bertz CT molecular complexity index is 615. The summed E-state index contributed by atoms with van der Waals surface area (Å²) in [4.78, 5) is 0. The summed E-state index contributed by atoms with van der Waals surface area (Å²) >= 11 is 0. The van der Waals surface area contributed by atoms with Gasteiger partial charge in [-0.05, 0) is 58.6 Å². The second-order valence-electron chi connectivity index (χ2n) is 8.12. The van der Waals surface area contributed by atoms with Crippen LogP contribution in [-0.4, -0.2) is 44.4 Å². The Labute approximate surface area is 161 Å². The van der Waals surface area contributed by atoms with E-state index in [2.05, 4.69) is 0 Å². The highest BCUT2D eigenvalue weighted by molar-refractivity contribution is 6.62. The van der Waals surface area contributed by atoms with Crippen LogP contribution in [0.2, 0.25) is 0 Å². The maximum atomic E-state index is 14.6. The predicted molar refractivity (Wildman–Crippen MR) is 101 cm³/mol. The van der Waals surface area contributed by atoms with Crippen molar-refractivity contribution in [2.75, 3.05) is 19.8 Å². The summed E-state index contributed by atoms with van der Waals surface area (Å²) in [5.41, 5.74) is 0.0905. The second-order valence-corrected chi connectivity index (χ2v) is 8.12. The first-order valence-electron chi connectivity index (χ1n) is 9.74. The van der Waals surface area contributed by atoms with Crippen LogP contribution in [-0.2, 0) is 30.1 Å². The molecule has 3 rings (SSSR count). The summed E-state index contributed by atoms with van der Waals surface area (Å²) in [6, 6.07) is 4.94. The van der Waals surface area contributed by atoms with E-state index in [-0.39, 0.29) is 18.7 Å². The fourth-order valence-electron chi connectivity index (χ4n) is 3.20. The maximum absolute atomic E-state index is 14.6. The first-order valence-corrected chi connectivity index (χ1v) is 9.74. The Balaban J connectivity index is 1.56. The van der Waals surface area contributed by atoms with Gasteiger partial charge in [0.1, 0.15) is 5.82 Å². The second kappa shape index (κ2) is 8.58. The maximum Gasteiger partial charge on any atom is 0.498 e. The minimum absolute atomic E-state index is 0.128. The van der Waals surface area contributed by atoms with Crippen molar-refractivity contribution >= 4 is 12.6 Å². The van der Waals surface area contributed by atoms with Gasteiger partial charge in [-0.1, -0.05) is 12.1 Å². The Kier molecular flexibility index (Phi) is 6.59. The Hall–Kier alpha value is -0.985. The zero-order chi connectivity index (χ0) is 19.5. The molecule has 1 unspecified atom stereocenters. The zero-order valence-electron chi connectivity index (χ0n) is 16.8. The molecule has 0 saturated carbocycles. The summed E-state index contributed by atoms with van der Waals surface area (Å²) in [5, 5.41) is 0. The van der Waals surface area contributed by atoms with Crippen LogP contribution < -0.4 is 5.46 Å². The highest BCUT2D eigenvalue weighted by Gasteiger charge is 2.52. The third kappa shape index (κ3) is 4.90. The molecule has 0 N–H and O–H groups in total. The van der Waals surface area contributed by atoms with E-state index in [0.717, 1.165) is 31.4 Å². The molecular formula is C20H30BFO5. The van der Waals surface area contributed by atoms with Gasteiger partial charge >= 0.3 is 7.12 Å². The Morgan fingerprint density at radius 1 is 1.11 bits per heavy atom. The van der Waals surface area contributed by atoms with Gasteiger partial charge in [0.25, 0.3) is 0 Å². The molecule has 2 heterocycles. The molecule has 0 bridgehead atoms. The molecule has 1 aromatic carbocycles. The molecule has 150 valence electrons. The molecule has 0 aromatic heterocycles. The van der Waals surface area contributed by atoms with Crippen LogP contribution in [0, 0.1) is 5.82 Å². The lowest BCUT2D eigenvalue weighted by molar-refractivity contribution is -0.169. The Morgan fingerprint density at radius 3 is 2.52 bits per heavy atom. The summed E-state index contributed by atoms with van der Waals surface area (Å²) in [6.45, 7) is 9.70. The Morgan fingerprint density at radius 2 is 1.85 bits per heavy atom. The monoisotopic (exact) mass is 380 g/mol. The zero-order valence-corrected chi connectivity index (χ0v) is 16.8. The molecule has 1 aromatic rings. The molecule has 2 fully saturated rings. The summed E-state index contributed by atoms with van der Waals surface area (Å²) in [6.07, 6.45) is 3.02.